The third-order valence-electron chi connectivity index (χ3n) is 3.04. The van der Waals surface area contributed by atoms with Crippen LogP contribution in [0.25, 0.3) is 10.2 Å². The molecule has 2 heterocycles. The first kappa shape index (κ1) is 13.6. The number of aryl methyl sites for hydroxylation is 1. The number of nitrogens with zero attached hydrogens (tertiary/aromatic N) is 1. The van der Waals surface area contributed by atoms with Gasteiger partial charge in [0.25, 0.3) is 0 Å². The van der Waals surface area contributed by atoms with Crippen molar-refractivity contribution < 1.29 is 13.6 Å². The molecule has 21 heavy (non-hydrogen) atoms. The summed E-state index contributed by atoms with van der Waals surface area (Å²) in [6, 6.07) is 6.00. The molecule has 0 radical (unpaired) electrons. The van der Waals surface area contributed by atoms with E-state index in [2.05, 4.69) is 10.3 Å². The summed E-state index contributed by atoms with van der Waals surface area (Å²) in [7, 11) is 0. The zero-order valence-electron chi connectivity index (χ0n) is 11.0. The van der Waals surface area contributed by atoms with E-state index in [1.165, 1.54) is 23.5 Å². The van der Waals surface area contributed by atoms with Crippen molar-refractivity contribution in [2.75, 3.05) is 5.32 Å². The van der Waals surface area contributed by atoms with Gasteiger partial charge in [0.1, 0.15) is 21.5 Å². The predicted molar refractivity (Wildman–Crippen MR) is 79.4 cm³/mol. The van der Waals surface area contributed by atoms with Crippen molar-refractivity contribution in [2.24, 2.45) is 0 Å². The van der Waals surface area contributed by atoms with Crippen LogP contribution in [-0.2, 0) is 0 Å². The van der Waals surface area contributed by atoms with Gasteiger partial charge < -0.3 is 5.32 Å². The molecule has 1 N–H and O–H groups in total. The molecule has 0 aliphatic rings. The van der Waals surface area contributed by atoms with Crippen LogP contribution < -0.4 is 5.32 Å². The number of carbonyl (C=O) groups is 1. The third kappa shape index (κ3) is 2.50. The molecule has 0 spiro atoms. The van der Waals surface area contributed by atoms with Gasteiger partial charge in [0.15, 0.2) is 6.29 Å². The number of hydrogen-bond acceptors (Lipinski definition) is 4. The lowest BCUT2D eigenvalue weighted by Gasteiger charge is -2.06. The summed E-state index contributed by atoms with van der Waals surface area (Å²) < 4.78 is 27.1. The lowest BCUT2D eigenvalue weighted by molar-refractivity contribution is 0.112. The SMILES string of the molecule is Cc1ccc(Nc2sc3ncc(F)cc3c2C=O)c(F)c1. The van der Waals surface area contributed by atoms with E-state index < -0.39 is 11.6 Å². The minimum Gasteiger partial charge on any atom is -0.344 e. The van der Waals surface area contributed by atoms with Crippen LogP contribution in [0.3, 0.4) is 0 Å². The number of halogens is 2. The van der Waals surface area contributed by atoms with Crippen molar-refractivity contribution in [2.45, 2.75) is 6.92 Å². The van der Waals surface area contributed by atoms with E-state index >= 15 is 0 Å². The molecule has 0 bridgehead atoms. The Morgan fingerprint density at radius 1 is 1.29 bits per heavy atom. The van der Waals surface area contributed by atoms with Gasteiger partial charge in [-0.3, -0.25) is 4.79 Å². The largest absolute Gasteiger partial charge is 0.344 e. The number of fused-ring (bicyclic) bond motifs is 1. The summed E-state index contributed by atoms with van der Waals surface area (Å²) >= 11 is 1.18. The minimum absolute atomic E-state index is 0.260. The number of thiophene rings is 1. The normalized spacial score (nSPS) is 10.8. The van der Waals surface area contributed by atoms with Gasteiger partial charge in [0.05, 0.1) is 17.4 Å². The molecule has 2 aromatic heterocycles. The topological polar surface area (TPSA) is 42.0 Å². The molecule has 0 unspecified atom stereocenters. The average molecular weight is 304 g/mol. The monoisotopic (exact) mass is 304 g/mol. The minimum atomic E-state index is -0.517. The summed E-state index contributed by atoms with van der Waals surface area (Å²) in [5.74, 6) is -0.931. The number of nitrogens with one attached hydrogen (secondary N) is 1. The van der Waals surface area contributed by atoms with E-state index in [-0.39, 0.29) is 11.3 Å². The summed E-state index contributed by atoms with van der Waals surface area (Å²) in [6.45, 7) is 1.79. The smallest absolute Gasteiger partial charge is 0.153 e. The van der Waals surface area contributed by atoms with Gasteiger partial charge in [-0.15, -0.1) is 0 Å². The van der Waals surface area contributed by atoms with Crippen molar-refractivity contribution >= 4 is 38.5 Å². The molecular weight excluding hydrogens is 294 g/mol. The standard InChI is InChI=1S/C15H10F2N2OS/c1-8-2-3-13(12(17)4-8)19-15-11(7-20)10-5-9(16)6-18-14(10)21-15/h2-7,19H,1H3. The van der Waals surface area contributed by atoms with Crippen LogP contribution in [0, 0.1) is 18.6 Å². The molecule has 6 heteroatoms. The number of carbonyl (C=O) groups excluding carboxylic acids is 1. The molecule has 3 aromatic rings. The molecule has 0 aliphatic carbocycles. The number of rotatable bonds is 3. The van der Waals surface area contributed by atoms with Gasteiger partial charge in [0.2, 0.25) is 0 Å². The van der Waals surface area contributed by atoms with Crippen LogP contribution >= 0.6 is 11.3 Å². The van der Waals surface area contributed by atoms with Crippen molar-refractivity contribution in [1.82, 2.24) is 4.98 Å². The first-order valence-corrected chi connectivity index (χ1v) is 6.96. The summed E-state index contributed by atoms with van der Waals surface area (Å²) in [6.07, 6.45) is 1.71. The van der Waals surface area contributed by atoms with Gasteiger partial charge in [-0.1, -0.05) is 17.4 Å². The van der Waals surface area contributed by atoms with E-state index in [9.17, 15) is 13.6 Å². The Labute approximate surface area is 123 Å². The van der Waals surface area contributed by atoms with Gasteiger partial charge in [-0.25, -0.2) is 13.8 Å². The summed E-state index contributed by atoms with van der Waals surface area (Å²) in [5.41, 5.74) is 1.34. The zero-order chi connectivity index (χ0) is 15.0. The van der Waals surface area contributed by atoms with E-state index in [4.69, 9.17) is 0 Å². The highest BCUT2D eigenvalue weighted by Gasteiger charge is 2.15. The first-order chi connectivity index (χ1) is 10.1. The van der Waals surface area contributed by atoms with E-state index in [1.807, 2.05) is 0 Å². The van der Waals surface area contributed by atoms with Crippen LogP contribution in [0.2, 0.25) is 0 Å². The fourth-order valence-electron chi connectivity index (χ4n) is 2.03. The average Bonchev–Trinajstić information content (AvgIpc) is 2.78. The molecule has 0 atom stereocenters. The Bertz CT molecular complexity index is 845. The Hall–Kier alpha value is -2.34. The Morgan fingerprint density at radius 2 is 2.10 bits per heavy atom. The molecule has 3 nitrogen and oxygen atoms in total. The molecule has 0 fully saturated rings. The number of benzene rings is 1. The quantitative estimate of drug-likeness (QED) is 0.727. The van der Waals surface area contributed by atoms with E-state index in [0.717, 1.165) is 11.8 Å². The van der Waals surface area contributed by atoms with Gasteiger partial charge in [0, 0.05) is 5.39 Å². The number of aldehydes is 1. The second kappa shape index (κ2) is 5.21. The molecule has 0 saturated heterocycles. The fraction of sp³-hybridized carbons (Fsp3) is 0.0667. The van der Waals surface area contributed by atoms with Crippen molar-refractivity contribution in [3.05, 3.63) is 53.2 Å². The fourth-order valence-corrected chi connectivity index (χ4v) is 3.04. The van der Waals surface area contributed by atoms with Crippen LogP contribution in [0.5, 0.6) is 0 Å². The molecule has 3 rings (SSSR count). The molecule has 1 aromatic carbocycles. The predicted octanol–water partition coefficient (Wildman–Crippen LogP) is 4.44. The number of anilines is 2. The molecular formula is C15H10F2N2OS. The lowest BCUT2D eigenvalue weighted by Crippen LogP contribution is -1.95. The third-order valence-corrected chi connectivity index (χ3v) is 4.09. The highest BCUT2D eigenvalue weighted by Crippen LogP contribution is 2.36. The van der Waals surface area contributed by atoms with Crippen molar-refractivity contribution in [3.63, 3.8) is 0 Å². The highest BCUT2D eigenvalue weighted by atomic mass is 32.1. The van der Waals surface area contributed by atoms with Gasteiger partial charge in [-0.2, -0.15) is 0 Å². The zero-order valence-corrected chi connectivity index (χ0v) is 11.8. The van der Waals surface area contributed by atoms with E-state index in [0.29, 0.717) is 21.5 Å². The van der Waals surface area contributed by atoms with Gasteiger partial charge in [-0.05, 0) is 30.7 Å². The van der Waals surface area contributed by atoms with E-state index in [1.54, 1.807) is 19.1 Å². The van der Waals surface area contributed by atoms with Crippen molar-refractivity contribution in [3.8, 4) is 0 Å². The Kier molecular flexibility index (Phi) is 3.39. The maximum atomic E-state index is 13.9. The highest BCUT2D eigenvalue weighted by molar-refractivity contribution is 7.23. The number of pyridine rings is 1. The summed E-state index contributed by atoms with van der Waals surface area (Å²) in [4.78, 5) is 15.7. The molecule has 106 valence electrons. The number of aromatic nitrogens is 1. The summed E-state index contributed by atoms with van der Waals surface area (Å²) in [5, 5.41) is 3.74. The van der Waals surface area contributed by atoms with Crippen molar-refractivity contribution in [1.29, 1.82) is 0 Å². The number of hydrogen-bond donors (Lipinski definition) is 1. The van der Waals surface area contributed by atoms with Crippen LogP contribution in [-0.4, -0.2) is 11.3 Å². The first-order valence-electron chi connectivity index (χ1n) is 6.15. The van der Waals surface area contributed by atoms with Crippen LogP contribution in [0.1, 0.15) is 15.9 Å². The van der Waals surface area contributed by atoms with Gasteiger partial charge >= 0.3 is 0 Å². The maximum Gasteiger partial charge on any atom is 0.153 e. The maximum absolute atomic E-state index is 13.9. The molecule has 0 saturated carbocycles. The molecule has 0 aliphatic heterocycles. The van der Waals surface area contributed by atoms with Crippen LogP contribution in [0.4, 0.5) is 19.5 Å². The second-order valence-electron chi connectivity index (χ2n) is 4.58. The Balaban J connectivity index is 2.10. The lowest BCUT2D eigenvalue weighted by atomic mass is 10.2. The molecule has 0 amide bonds. The van der Waals surface area contributed by atoms with Crippen LogP contribution in [0.15, 0.2) is 30.5 Å². The Morgan fingerprint density at radius 3 is 2.81 bits per heavy atom. The second-order valence-corrected chi connectivity index (χ2v) is 5.58.